The summed E-state index contributed by atoms with van der Waals surface area (Å²) in [5.74, 6) is 0. The van der Waals surface area contributed by atoms with Gasteiger partial charge in [0.1, 0.15) is 0 Å². The number of nitrogens with two attached hydrogens (primary N) is 3. The zero-order chi connectivity index (χ0) is 10.5. The summed E-state index contributed by atoms with van der Waals surface area (Å²) >= 11 is 9.08. The van der Waals surface area contributed by atoms with E-state index in [2.05, 4.69) is 53.9 Å². The van der Waals surface area contributed by atoms with Crippen LogP contribution in [-0.4, -0.2) is 14.7 Å². The molecule has 9 N–H and O–H groups in total. The van der Waals surface area contributed by atoms with Crippen molar-refractivity contribution in [2.75, 3.05) is 0 Å². The van der Waals surface area contributed by atoms with Crippen LogP contribution in [0.4, 0.5) is 0 Å². The Morgan fingerprint density at radius 1 is 0.818 bits per heavy atom. The predicted molar refractivity (Wildman–Crippen MR) is 53.8 cm³/mol. The summed E-state index contributed by atoms with van der Waals surface area (Å²) in [6.07, 6.45) is 0. The third kappa shape index (κ3) is 834. The van der Waals surface area contributed by atoms with E-state index in [1.165, 1.54) is 0 Å². The molecule has 0 amide bonds. The van der Waals surface area contributed by atoms with E-state index < -0.39 is 7.82 Å². The Hall–Kier alpha value is 1.04. The molecule has 0 aliphatic heterocycles. The number of rotatable bonds is 0. The fraction of sp³-hybridized carbons (Fsp3) is 0. The molecule has 11 heavy (non-hydrogen) atoms. The topological polar surface area (TPSA) is 156 Å². The summed E-state index contributed by atoms with van der Waals surface area (Å²) in [6, 6.07) is 0. The van der Waals surface area contributed by atoms with Gasteiger partial charge < -0.3 is 14.7 Å². The van der Waals surface area contributed by atoms with E-state index in [1.54, 1.807) is 0 Å². The second-order valence-electron chi connectivity index (χ2n) is 0.513. The summed E-state index contributed by atoms with van der Waals surface area (Å²) in [6.45, 7) is 0. The molecule has 0 saturated heterocycles. The Morgan fingerprint density at radius 2 is 0.818 bits per heavy atom. The zero-order valence-corrected chi connectivity index (χ0v) is 8.85. The molecule has 0 aromatic carbocycles. The van der Waals surface area contributed by atoms with Gasteiger partial charge in [-0.15, -0.1) is 38.4 Å². The van der Waals surface area contributed by atoms with Gasteiger partial charge in [0.2, 0.25) is 0 Å². The lowest BCUT2D eigenvalue weighted by Crippen LogP contribution is -1.66. The largest absolute Gasteiger partial charge is 0.466 e. The van der Waals surface area contributed by atoms with Crippen LogP contribution in [0.3, 0.4) is 0 Å². The van der Waals surface area contributed by atoms with E-state index in [4.69, 9.17) is 19.2 Å². The van der Waals surface area contributed by atoms with Crippen LogP contribution in [0.25, 0.3) is 0 Å². The lowest BCUT2D eigenvalue weighted by molar-refractivity contribution is 0.275. The maximum atomic E-state index is 8.88. The van der Waals surface area contributed by atoms with Crippen molar-refractivity contribution < 1.29 is 19.2 Å². The Labute approximate surface area is 81.2 Å². The maximum Gasteiger partial charge on any atom is 0.466 e. The normalized spacial score (nSPS) is 7.00. The first-order valence-electron chi connectivity index (χ1n) is 1.56. The lowest BCUT2D eigenvalue weighted by atomic mass is 14.0. The first-order valence-corrected chi connectivity index (χ1v) is 4.67. The van der Waals surface area contributed by atoms with Gasteiger partial charge in [0, 0.05) is 0 Å². The fourth-order valence-electron chi connectivity index (χ4n) is 0. The smallest absolute Gasteiger partial charge is 0.303 e. The minimum absolute atomic E-state index is 3.03. The van der Waals surface area contributed by atoms with Gasteiger partial charge in [-0.1, -0.05) is 0 Å². The molecule has 0 aliphatic carbocycles. The number of hydrogen-bond donors (Lipinski definition) is 9. The minimum Gasteiger partial charge on any atom is -0.303 e. The highest BCUT2D eigenvalue weighted by Crippen LogP contribution is 2.25. The lowest BCUT2D eigenvalue weighted by Gasteiger charge is -1.82. The van der Waals surface area contributed by atoms with Crippen LogP contribution in [0.2, 0.25) is 0 Å². The number of thiol groups is 3. The van der Waals surface area contributed by atoms with E-state index >= 15 is 0 Å². The molecule has 74 valence electrons. The van der Waals surface area contributed by atoms with Gasteiger partial charge in [0.15, 0.2) is 0 Å². The first kappa shape index (κ1) is 22.7. The molecule has 0 radical (unpaired) electrons. The van der Waals surface area contributed by atoms with Gasteiger partial charge in [-0.05, 0) is 0 Å². The zero-order valence-electron chi connectivity index (χ0n) is 5.27. The SMILES string of the molecule is NS.NS.NS.O=P(O)(O)O. The van der Waals surface area contributed by atoms with E-state index in [1.807, 2.05) is 0 Å². The molecule has 0 saturated carbocycles. The van der Waals surface area contributed by atoms with Gasteiger partial charge in [0.05, 0.1) is 0 Å². The molecule has 0 aliphatic rings. The molecule has 0 rings (SSSR count). The number of phosphoric acid groups is 1. The Balaban J connectivity index is -0.0000000350. The highest BCUT2D eigenvalue weighted by atomic mass is 32.1. The van der Waals surface area contributed by atoms with Crippen LogP contribution in [-0.2, 0) is 4.57 Å². The van der Waals surface area contributed by atoms with Crippen LogP contribution in [0, 0.1) is 0 Å². The average Bonchev–Trinajstić information content (AvgIpc) is 1.96. The van der Waals surface area contributed by atoms with E-state index in [9.17, 15) is 0 Å². The molecule has 0 atom stereocenters. The first-order chi connectivity index (χ1) is 5.00. The molecular weight excluding hydrogens is 233 g/mol. The third-order valence-electron chi connectivity index (χ3n) is 0. The van der Waals surface area contributed by atoms with Crippen molar-refractivity contribution in [1.82, 2.24) is 0 Å². The molecular formula is H12N3O4PS3. The van der Waals surface area contributed by atoms with Crippen molar-refractivity contribution in [1.29, 1.82) is 0 Å². The standard InChI is InChI=1S/3H3NS.H3O4P/c3*1-2;1-5(2,3)4/h3*2H,1H2;(H3,1,2,3,4). The average molecular weight is 245 g/mol. The van der Waals surface area contributed by atoms with Crippen molar-refractivity contribution in [3.05, 3.63) is 0 Å². The van der Waals surface area contributed by atoms with Crippen molar-refractivity contribution in [3.63, 3.8) is 0 Å². The summed E-state index contributed by atoms with van der Waals surface area (Å²) in [5.41, 5.74) is 0. The second-order valence-corrected chi connectivity index (χ2v) is 1.54. The molecule has 0 aromatic rings. The second kappa shape index (κ2) is 22.5. The van der Waals surface area contributed by atoms with Crippen LogP contribution in [0.5, 0.6) is 0 Å². The summed E-state index contributed by atoms with van der Waals surface area (Å²) < 4.78 is 8.88. The van der Waals surface area contributed by atoms with Crippen molar-refractivity contribution in [2.24, 2.45) is 15.4 Å². The summed E-state index contributed by atoms with van der Waals surface area (Å²) in [5, 5.41) is 12.6. The minimum atomic E-state index is -4.64. The predicted octanol–water partition coefficient (Wildman–Crippen LogP) is -1.56. The van der Waals surface area contributed by atoms with Gasteiger partial charge in [-0.2, -0.15) is 0 Å². The van der Waals surface area contributed by atoms with Crippen molar-refractivity contribution in [2.45, 2.75) is 0 Å². The van der Waals surface area contributed by atoms with E-state index in [-0.39, 0.29) is 0 Å². The van der Waals surface area contributed by atoms with Crippen molar-refractivity contribution >= 4 is 46.3 Å². The highest BCUT2D eigenvalue weighted by Gasteiger charge is 2.00. The molecule has 0 heterocycles. The summed E-state index contributed by atoms with van der Waals surface area (Å²) in [7, 11) is -4.64. The van der Waals surface area contributed by atoms with E-state index in [0.717, 1.165) is 0 Å². The van der Waals surface area contributed by atoms with Crippen LogP contribution < -0.4 is 15.4 Å². The number of hydrogen-bond acceptors (Lipinski definition) is 7. The maximum absolute atomic E-state index is 8.88. The molecule has 0 bridgehead atoms. The molecule has 0 aromatic heterocycles. The van der Waals surface area contributed by atoms with E-state index in [0.29, 0.717) is 0 Å². The van der Waals surface area contributed by atoms with Crippen LogP contribution in [0.15, 0.2) is 0 Å². The van der Waals surface area contributed by atoms with Crippen LogP contribution >= 0.6 is 46.3 Å². The molecule has 0 unspecified atom stereocenters. The fourth-order valence-corrected chi connectivity index (χ4v) is 0. The Kier molecular flexibility index (Phi) is 46.3. The molecule has 0 fully saturated rings. The molecule has 11 heteroatoms. The van der Waals surface area contributed by atoms with Gasteiger partial charge >= 0.3 is 7.82 Å². The molecule has 0 spiro atoms. The Bertz CT molecular complexity index is 66.7. The molecule has 7 nitrogen and oxygen atoms in total. The Morgan fingerprint density at radius 3 is 0.818 bits per heavy atom. The monoisotopic (exact) mass is 245 g/mol. The van der Waals surface area contributed by atoms with Gasteiger partial charge in [-0.3, -0.25) is 15.4 Å². The van der Waals surface area contributed by atoms with Gasteiger partial charge in [-0.25, -0.2) is 4.57 Å². The third-order valence-corrected chi connectivity index (χ3v) is 0. The van der Waals surface area contributed by atoms with Crippen LogP contribution in [0.1, 0.15) is 0 Å². The van der Waals surface area contributed by atoms with Gasteiger partial charge in [0.25, 0.3) is 0 Å². The van der Waals surface area contributed by atoms with Crippen molar-refractivity contribution in [3.8, 4) is 0 Å². The highest BCUT2D eigenvalue weighted by molar-refractivity contribution is 7.78. The summed E-state index contributed by atoms with van der Waals surface area (Å²) in [4.78, 5) is 21.6. The quantitative estimate of drug-likeness (QED) is 0.184.